The fourth-order valence-electron chi connectivity index (χ4n) is 6.32. The van der Waals surface area contributed by atoms with Gasteiger partial charge in [0.25, 0.3) is 0 Å². The van der Waals surface area contributed by atoms with Crippen LogP contribution >= 0.6 is 0 Å². The minimum Gasteiger partial charge on any atom is -0.469 e. The minimum atomic E-state index is -1.04. The fourth-order valence-corrected chi connectivity index (χ4v) is 6.32. The van der Waals surface area contributed by atoms with Crippen LogP contribution in [0.15, 0.2) is 11.6 Å². The molecule has 0 saturated heterocycles. The SMILES string of the molecule is COC(=O)[C@]1(C)CCC[C@]2(C)C3CCC(O)(C(C)C)C(O)C3=CCC21. The molecule has 2 fully saturated rings. The molecule has 3 aliphatic rings. The number of carbonyl (C=O) groups is 1. The second-order valence-electron chi connectivity index (χ2n) is 9.40. The number of hydrogen-bond donors (Lipinski definition) is 2. The summed E-state index contributed by atoms with van der Waals surface area (Å²) < 4.78 is 5.16. The third-order valence-corrected chi connectivity index (χ3v) is 8.04. The van der Waals surface area contributed by atoms with E-state index in [2.05, 4.69) is 19.9 Å². The summed E-state index contributed by atoms with van der Waals surface area (Å²) in [4.78, 5) is 12.6. The maximum atomic E-state index is 12.6. The molecule has 0 heterocycles. The Morgan fingerprint density at radius 3 is 2.56 bits per heavy atom. The van der Waals surface area contributed by atoms with Crippen LogP contribution in [0.4, 0.5) is 0 Å². The second kappa shape index (κ2) is 6.09. The Hall–Kier alpha value is -0.870. The van der Waals surface area contributed by atoms with Crippen molar-refractivity contribution < 1.29 is 19.7 Å². The summed E-state index contributed by atoms with van der Waals surface area (Å²) in [7, 11) is 1.48. The highest BCUT2D eigenvalue weighted by atomic mass is 16.5. The van der Waals surface area contributed by atoms with E-state index in [0.29, 0.717) is 6.42 Å². The number of ether oxygens (including phenoxy) is 1. The lowest BCUT2D eigenvalue weighted by molar-refractivity contribution is -0.171. The average molecular weight is 350 g/mol. The van der Waals surface area contributed by atoms with Gasteiger partial charge in [-0.3, -0.25) is 4.79 Å². The standard InChI is InChI=1S/C21H34O4/c1-13(2)21(24)12-9-15-14(17(21)22)7-8-16-19(15,3)10-6-11-20(16,4)18(23)25-5/h7,13,15-17,22,24H,6,8-12H2,1-5H3/t15?,16?,17?,19-,20-,21?/m1/s1. The highest BCUT2D eigenvalue weighted by Crippen LogP contribution is 2.63. The third-order valence-electron chi connectivity index (χ3n) is 8.04. The normalized spacial score (nSPS) is 46.9. The summed E-state index contributed by atoms with van der Waals surface area (Å²) in [6.45, 7) is 8.31. The molecular formula is C21H34O4. The number of aliphatic hydroxyl groups excluding tert-OH is 1. The van der Waals surface area contributed by atoms with Gasteiger partial charge in [0.1, 0.15) is 6.10 Å². The zero-order valence-electron chi connectivity index (χ0n) is 16.3. The van der Waals surface area contributed by atoms with Crippen molar-refractivity contribution in [3.05, 3.63) is 11.6 Å². The summed E-state index contributed by atoms with van der Waals surface area (Å²) in [5.74, 6) is 0.383. The molecule has 6 atom stereocenters. The van der Waals surface area contributed by atoms with Gasteiger partial charge in [0.2, 0.25) is 0 Å². The zero-order chi connectivity index (χ0) is 18.6. The van der Waals surface area contributed by atoms with Crippen molar-refractivity contribution in [3.8, 4) is 0 Å². The van der Waals surface area contributed by atoms with E-state index in [1.165, 1.54) is 7.11 Å². The molecule has 0 bridgehead atoms. The van der Waals surface area contributed by atoms with E-state index in [1.807, 2.05) is 13.8 Å². The van der Waals surface area contributed by atoms with Gasteiger partial charge in [-0.2, -0.15) is 0 Å². The van der Waals surface area contributed by atoms with Crippen LogP contribution in [-0.4, -0.2) is 35.0 Å². The molecule has 0 amide bonds. The van der Waals surface area contributed by atoms with Crippen LogP contribution in [0.1, 0.15) is 66.2 Å². The summed E-state index contributed by atoms with van der Waals surface area (Å²) in [5.41, 5.74) is -0.507. The number of fused-ring (bicyclic) bond motifs is 3. The monoisotopic (exact) mass is 350 g/mol. The van der Waals surface area contributed by atoms with E-state index in [4.69, 9.17) is 4.74 Å². The van der Waals surface area contributed by atoms with Crippen LogP contribution in [-0.2, 0) is 9.53 Å². The molecule has 0 aromatic rings. The van der Waals surface area contributed by atoms with Gasteiger partial charge >= 0.3 is 5.97 Å². The first-order valence-corrected chi connectivity index (χ1v) is 9.80. The molecule has 0 spiro atoms. The van der Waals surface area contributed by atoms with Gasteiger partial charge in [0, 0.05) is 0 Å². The predicted molar refractivity (Wildman–Crippen MR) is 96.8 cm³/mol. The van der Waals surface area contributed by atoms with E-state index < -0.39 is 17.1 Å². The lowest BCUT2D eigenvalue weighted by Gasteiger charge is -2.60. The average Bonchev–Trinajstić information content (AvgIpc) is 2.57. The lowest BCUT2D eigenvalue weighted by atomic mass is 9.45. The molecule has 3 aliphatic carbocycles. The Balaban J connectivity index is 2.00. The first-order chi connectivity index (χ1) is 11.6. The van der Waals surface area contributed by atoms with Gasteiger partial charge in [0.15, 0.2) is 0 Å². The molecule has 0 aliphatic heterocycles. The Bertz CT molecular complexity index is 582. The van der Waals surface area contributed by atoms with Crippen LogP contribution in [0.3, 0.4) is 0 Å². The predicted octanol–water partition coefficient (Wildman–Crippen LogP) is 3.46. The number of esters is 1. The van der Waals surface area contributed by atoms with Crippen LogP contribution in [0.2, 0.25) is 0 Å². The van der Waals surface area contributed by atoms with Gasteiger partial charge in [0.05, 0.1) is 18.1 Å². The first kappa shape index (κ1) is 18.9. The molecule has 0 aromatic carbocycles. The van der Waals surface area contributed by atoms with E-state index in [-0.39, 0.29) is 29.1 Å². The number of rotatable bonds is 2. The molecule has 4 unspecified atom stereocenters. The molecule has 3 rings (SSSR count). The Kier molecular flexibility index (Phi) is 4.61. The molecule has 0 radical (unpaired) electrons. The van der Waals surface area contributed by atoms with Crippen molar-refractivity contribution in [2.24, 2.45) is 28.6 Å². The quantitative estimate of drug-likeness (QED) is 0.591. The van der Waals surface area contributed by atoms with Gasteiger partial charge < -0.3 is 14.9 Å². The Labute approximate surface area is 151 Å². The van der Waals surface area contributed by atoms with Crippen LogP contribution in [0, 0.1) is 28.6 Å². The highest BCUT2D eigenvalue weighted by molar-refractivity contribution is 5.77. The Morgan fingerprint density at radius 2 is 1.96 bits per heavy atom. The summed E-state index contributed by atoms with van der Waals surface area (Å²) in [5, 5.41) is 22.0. The lowest BCUT2D eigenvalue weighted by Crippen LogP contribution is -2.59. The third kappa shape index (κ3) is 2.51. The topological polar surface area (TPSA) is 66.8 Å². The summed E-state index contributed by atoms with van der Waals surface area (Å²) in [6.07, 6.45) is 6.54. The smallest absolute Gasteiger partial charge is 0.311 e. The van der Waals surface area contributed by atoms with Crippen LogP contribution in [0.5, 0.6) is 0 Å². The summed E-state index contributed by atoms with van der Waals surface area (Å²) >= 11 is 0. The van der Waals surface area contributed by atoms with Crippen molar-refractivity contribution in [1.82, 2.24) is 0 Å². The molecule has 25 heavy (non-hydrogen) atoms. The van der Waals surface area contributed by atoms with Gasteiger partial charge in [-0.1, -0.05) is 33.3 Å². The van der Waals surface area contributed by atoms with Crippen molar-refractivity contribution in [1.29, 1.82) is 0 Å². The molecule has 2 saturated carbocycles. The molecule has 2 N–H and O–H groups in total. The second-order valence-corrected chi connectivity index (χ2v) is 9.40. The molecule has 4 heteroatoms. The van der Waals surface area contributed by atoms with E-state index in [0.717, 1.165) is 37.7 Å². The van der Waals surface area contributed by atoms with E-state index in [9.17, 15) is 15.0 Å². The van der Waals surface area contributed by atoms with Gasteiger partial charge in [-0.05, 0) is 67.8 Å². The molecule has 4 nitrogen and oxygen atoms in total. The summed E-state index contributed by atoms with van der Waals surface area (Å²) in [6, 6.07) is 0. The molecule has 0 aromatic heterocycles. The minimum absolute atomic E-state index is 0.0153. The Morgan fingerprint density at radius 1 is 1.28 bits per heavy atom. The zero-order valence-corrected chi connectivity index (χ0v) is 16.3. The van der Waals surface area contributed by atoms with Crippen LogP contribution < -0.4 is 0 Å². The van der Waals surface area contributed by atoms with Gasteiger partial charge in [-0.15, -0.1) is 0 Å². The van der Waals surface area contributed by atoms with Crippen molar-refractivity contribution in [2.45, 2.75) is 77.9 Å². The van der Waals surface area contributed by atoms with Crippen molar-refractivity contribution in [2.75, 3.05) is 7.11 Å². The highest BCUT2D eigenvalue weighted by Gasteiger charge is 2.60. The number of methoxy groups -OCH3 is 1. The van der Waals surface area contributed by atoms with Crippen molar-refractivity contribution >= 4 is 5.97 Å². The first-order valence-electron chi connectivity index (χ1n) is 9.80. The number of allylic oxidation sites excluding steroid dienone is 1. The number of hydrogen-bond acceptors (Lipinski definition) is 4. The van der Waals surface area contributed by atoms with Gasteiger partial charge in [-0.25, -0.2) is 0 Å². The maximum absolute atomic E-state index is 12.6. The fraction of sp³-hybridized carbons (Fsp3) is 0.857. The number of aliphatic hydroxyl groups is 2. The van der Waals surface area contributed by atoms with E-state index in [1.54, 1.807) is 0 Å². The number of carbonyl (C=O) groups excluding carboxylic acids is 1. The largest absolute Gasteiger partial charge is 0.469 e. The maximum Gasteiger partial charge on any atom is 0.311 e. The molecular weight excluding hydrogens is 316 g/mol. The van der Waals surface area contributed by atoms with Crippen molar-refractivity contribution in [3.63, 3.8) is 0 Å². The van der Waals surface area contributed by atoms with Crippen LogP contribution in [0.25, 0.3) is 0 Å². The van der Waals surface area contributed by atoms with E-state index >= 15 is 0 Å². The molecule has 142 valence electrons.